The summed E-state index contributed by atoms with van der Waals surface area (Å²) in [6.45, 7) is 2.19. The summed E-state index contributed by atoms with van der Waals surface area (Å²) in [6.07, 6.45) is 1.94. The highest BCUT2D eigenvalue weighted by Crippen LogP contribution is 2.30. The normalized spacial score (nSPS) is 14.9. The van der Waals surface area contributed by atoms with Gasteiger partial charge in [-0.05, 0) is 38.0 Å². The van der Waals surface area contributed by atoms with Gasteiger partial charge in [0.15, 0.2) is 0 Å². The highest BCUT2D eigenvalue weighted by molar-refractivity contribution is 8.13. The Morgan fingerprint density at radius 2 is 2.10 bits per heavy atom. The maximum atomic E-state index is 12.4. The van der Waals surface area contributed by atoms with Crippen LogP contribution in [0.3, 0.4) is 0 Å². The summed E-state index contributed by atoms with van der Waals surface area (Å²) < 4.78 is 28.2. The fourth-order valence-corrected chi connectivity index (χ4v) is 2.70. The van der Waals surface area contributed by atoms with Gasteiger partial charge in [-0.3, -0.25) is 4.79 Å². The van der Waals surface area contributed by atoms with Gasteiger partial charge in [0.25, 0.3) is 15.0 Å². The molecule has 0 radical (unpaired) electrons. The Kier molecular flexibility index (Phi) is 4.25. The van der Waals surface area contributed by atoms with E-state index in [2.05, 4.69) is 0 Å². The van der Waals surface area contributed by atoms with Crippen LogP contribution in [0.2, 0.25) is 0 Å². The predicted octanol–water partition coefficient (Wildman–Crippen LogP) is 2.25. The van der Waals surface area contributed by atoms with E-state index in [9.17, 15) is 13.2 Å². The molecule has 7 heteroatoms. The minimum Gasteiger partial charge on any atom is -0.493 e. The molecule has 1 amide bonds. The van der Waals surface area contributed by atoms with Crippen molar-refractivity contribution in [3.63, 3.8) is 0 Å². The van der Waals surface area contributed by atoms with Crippen LogP contribution in [0.25, 0.3) is 0 Å². The van der Waals surface area contributed by atoms with Crippen molar-refractivity contribution in [1.29, 1.82) is 0 Å². The minimum absolute atomic E-state index is 0.102. The fourth-order valence-electron chi connectivity index (χ4n) is 1.93. The number of hydrogen-bond donors (Lipinski definition) is 0. The minimum atomic E-state index is -3.87. The molecule has 1 aliphatic rings. The molecule has 1 aromatic rings. The van der Waals surface area contributed by atoms with E-state index >= 15 is 0 Å². The number of nitrogens with zero attached hydrogens (tertiary/aromatic N) is 1. The molecule has 20 heavy (non-hydrogen) atoms. The molecule has 0 heterocycles. The average molecular weight is 318 g/mol. The highest BCUT2D eigenvalue weighted by Gasteiger charge is 2.31. The zero-order valence-electron chi connectivity index (χ0n) is 11.3. The van der Waals surface area contributed by atoms with Gasteiger partial charge in [-0.1, -0.05) is 0 Å². The fraction of sp³-hybridized carbons (Fsp3) is 0.462. The molecule has 0 N–H and O–H groups in total. The molecular formula is C13H16ClNO4S. The Hall–Kier alpha value is -1.27. The van der Waals surface area contributed by atoms with Crippen LogP contribution in [0.15, 0.2) is 23.1 Å². The van der Waals surface area contributed by atoms with Gasteiger partial charge < -0.3 is 9.64 Å². The molecule has 0 saturated heterocycles. The standard InChI is InChI=1S/C13H16ClNO4S/c1-3-19-12-7-6-10(20(14,17)18)8-11(12)13(16)15(2)9-4-5-9/h6-9H,3-5H2,1-2H3. The maximum Gasteiger partial charge on any atom is 0.261 e. The molecule has 0 atom stereocenters. The molecule has 0 spiro atoms. The summed E-state index contributed by atoms with van der Waals surface area (Å²) in [5.41, 5.74) is 0.225. The van der Waals surface area contributed by atoms with Crippen molar-refractivity contribution >= 4 is 25.6 Å². The molecule has 1 fully saturated rings. The van der Waals surface area contributed by atoms with Crippen LogP contribution in [-0.2, 0) is 9.05 Å². The summed E-state index contributed by atoms with van der Waals surface area (Å²) in [6, 6.07) is 4.30. The van der Waals surface area contributed by atoms with Crippen LogP contribution in [0.4, 0.5) is 0 Å². The number of carbonyl (C=O) groups is 1. The summed E-state index contributed by atoms with van der Waals surface area (Å²) in [4.78, 5) is 13.9. The molecule has 5 nitrogen and oxygen atoms in total. The van der Waals surface area contributed by atoms with Crippen molar-refractivity contribution in [1.82, 2.24) is 4.90 Å². The van der Waals surface area contributed by atoms with Gasteiger partial charge in [0.05, 0.1) is 17.1 Å². The van der Waals surface area contributed by atoms with E-state index < -0.39 is 9.05 Å². The van der Waals surface area contributed by atoms with Gasteiger partial charge in [0.1, 0.15) is 5.75 Å². The van der Waals surface area contributed by atoms with E-state index in [0.29, 0.717) is 12.4 Å². The molecule has 1 saturated carbocycles. The monoisotopic (exact) mass is 317 g/mol. The smallest absolute Gasteiger partial charge is 0.261 e. The molecule has 0 aliphatic heterocycles. The number of ether oxygens (including phenoxy) is 1. The van der Waals surface area contributed by atoms with E-state index in [1.165, 1.54) is 18.2 Å². The Balaban J connectivity index is 2.43. The molecule has 1 aliphatic carbocycles. The van der Waals surface area contributed by atoms with Crippen molar-refractivity contribution < 1.29 is 17.9 Å². The number of rotatable bonds is 5. The molecule has 0 aromatic heterocycles. The van der Waals surface area contributed by atoms with Crippen molar-refractivity contribution in [2.45, 2.75) is 30.7 Å². The number of benzene rings is 1. The lowest BCUT2D eigenvalue weighted by Crippen LogP contribution is -2.29. The lowest BCUT2D eigenvalue weighted by atomic mass is 10.1. The second-order valence-electron chi connectivity index (χ2n) is 4.68. The third-order valence-electron chi connectivity index (χ3n) is 3.18. The van der Waals surface area contributed by atoms with E-state index in [1.54, 1.807) is 18.9 Å². The van der Waals surface area contributed by atoms with Crippen LogP contribution >= 0.6 is 10.7 Å². The summed E-state index contributed by atoms with van der Waals surface area (Å²) in [5.74, 6) is 0.118. The van der Waals surface area contributed by atoms with Crippen LogP contribution < -0.4 is 4.74 Å². The van der Waals surface area contributed by atoms with E-state index in [1.807, 2.05) is 0 Å². The Morgan fingerprint density at radius 1 is 1.45 bits per heavy atom. The zero-order chi connectivity index (χ0) is 14.9. The molecule has 1 aromatic carbocycles. The second-order valence-corrected chi connectivity index (χ2v) is 7.24. The molecule has 0 bridgehead atoms. The predicted molar refractivity (Wildman–Crippen MR) is 75.8 cm³/mol. The lowest BCUT2D eigenvalue weighted by molar-refractivity contribution is 0.0780. The van der Waals surface area contributed by atoms with E-state index in [-0.39, 0.29) is 22.4 Å². The van der Waals surface area contributed by atoms with E-state index in [0.717, 1.165) is 12.8 Å². The zero-order valence-corrected chi connectivity index (χ0v) is 12.9. The molecule has 2 rings (SSSR count). The van der Waals surface area contributed by atoms with Crippen molar-refractivity contribution in [2.75, 3.05) is 13.7 Å². The second kappa shape index (κ2) is 5.61. The maximum absolute atomic E-state index is 12.4. The molecule has 0 unspecified atom stereocenters. The number of amides is 1. The SMILES string of the molecule is CCOc1ccc(S(=O)(=O)Cl)cc1C(=O)N(C)C1CC1. The number of hydrogen-bond acceptors (Lipinski definition) is 4. The number of halogens is 1. The Morgan fingerprint density at radius 3 is 2.60 bits per heavy atom. The van der Waals surface area contributed by atoms with Gasteiger partial charge in [0.2, 0.25) is 0 Å². The first-order valence-electron chi connectivity index (χ1n) is 6.33. The highest BCUT2D eigenvalue weighted by atomic mass is 35.7. The topological polar surface area (TPSA) is 63.7 Å². The van der Waals surface area contributed by atoms with Gasteiger partial charge in [-0.25, -0.2) is 8.42 Å². The van der Waals surface area contributed by atoms with Crippen LogP contribution in [0.5, 0.6) is 5.75 Å². The van der Waals surface area contributed by atoms with Gasteiger partial charge >= 0.3 is 0 Å². The quantitative estimate of drug-likeness (QED) is 0.781. The van der Waals surface area contributed by atoms with Crippen molar-refractivity contribution in [2.24, 2.45) is 0 Å². The first-order valence-corrected chi connectivity index (χ1v) is 8.64. The molecule has 110 valence electrons. The van der Waals surface area contributed by atoms with Crippen LogP contribution in [0.1, 0.15) is 30.1 Å². The Labute approximate surface area is 122 Å². The summed E-state index contributed by atoms with van der Waals surface area (Å²) in [7, 11) is 3.16. The van der Waals surface area contributed by atoms with Crippen LogP contribution in [0, 0.1) is 0 Å². The van der Waals surface area contributed by atoms with Gasteiger partial charge in [0, 0.05) is 23.8 Å². The van der Waals surface area contributed by atoms with Crippen molar-refractivity contribution in [3.05, 3.63) is 23.8 Å². The van der Waals surface area contributed by atoms with E-state index in [4.69, 9.17) is 15.4 Å². The summed E-state index contributed by atoms with van der Waals surface area (Å²) >= 11 is 0. The lowest BCUT2D eigenvalue weighted by Gasteiger charge is -2.18. The Bertz CT molecular complexity index is 625. The largest absolute Gasteiger partial charge is 0.493 e. The average Bonchev–Trinajstić information content (AvgIpc) is 3.21. The first-order chi connectivity index (χ1) is 9.34. The van der Waals surface area contributed by atoms with Crippen LogP contribution in [-0.4, -0.2) is 38.9 Å². The van der Waals surface area contributed by atoms with Gasteiger partial charge in [-0.15, -0.1) is 0 Å². The third-order valence-corrected chi connectivity index (χ3v) is 4.53. The number of carbonyl (C=O) groups excluding carboxylic acids is 1. The summed E-state index contributed by atoms with van der Waals surface area (Å²) in [5, 5.41) is 0. The third kappa shape index (κ3) is 3.24. The first kappa shape index (κ1) is 15.1. The molecular weight excluding hydrogens is 302 g/mol. The van der Waals surface area contributed by atoms with Crippen molar-refractivity contribution in [3.8, 4) is 5.75 Å². The van der Waals surface area contributed by atoms with Gasteiger partial charge in [-0.2, -0.15) is 0 Å².